The van der Waals surface area contributed by atoms with E-state index in [9.17, 15) is 9.59 Å². The Morgan fingerprint density at radius 3 is 2.71 bits per heavy atom. The molecule has 0 saturated heterocycles. The number of halogens is 1. The van der Waals surface area contributed by atoms with E-state index in [1.54, 1.807) is 0 Å². The Morgan fingerprint density at radius 1 is 1.29 bits per heavy atom. The number of nitrogens with one attached hydrogen (secondary N) is 2. The zero-order valence-corrected chi connectivity index (χ0v) is 14.9. The minimum atomic E-state index is -0.540. The number of carbonyl (C=O) groups is 2. The normalized spacial score (nSPS) is 21.0. The van der Waals surface area contributed by atoms with Crippen LogP contribution in [0.4, 0.5) is 10.6 Å². The highest BCUT2D eigenvalue weighted by molar-refractivity contribution is 6.29. The lowest BCUT2D eigenvalue weighted by atomic mass is 9.85. The molecule has 7 nitrogen and oxygen atoms in total. The molecule has 2 atom stereocenters. The number of alkyl carbamates (subject to hydrolysis) is 1. The van der Waals surface area contributed by atoms with Crippen molar-refractivity contribution in [3.8, 4) is 0 Å². The molecule has 2 rings (SSSR count). The van der Waals surface area contributed by atoms with Gasteiger partial charge in [0, 0.05) is 18.0 Å². The average Bonchev–Trinajstić information content (AvgIpc) is 2.45. The van der Waals surface area contributed by atoms with Gasteiger partial charge in [-0.3, -0.25) is 4.79 Å². The minimum Gasteiger partial charge on any atom is -0.444 e. The zero-order chi connectivity index (χ0) is 17.7. The van der Waals surface area contributed by atoms with Crippen molar-refractivity contribution >= 4 is 29.4 Å². The van der Waals surface area contributed by atoms with E-state index in [1.807, 2.05) is 20.8 Å². The first-order valence-electron chi connectivity index (χ1n) is 8.01. The molecule has 0 aromatic carbocycles. The van der Waals surface area contributed by atoms with E-state index < -0.39 is 11.7 Å². The van der Waals surface area contributed by atoms with Crippen molar-refractivity contribution in [2.24, 2.45) is 5.92 Å². The molecule has 0 spiro atoms. The molecule has 24 heavy (non-hydrogen) atoms. The highest BCUT2D eigenvalue weighted by Crippen LogP contribution is 2.26. The second-order valence-electron chi connectivity index (χ2n) is 6.92. The third kappa shape index (κ3) is 5.96. The second kappa shape index (κ2) is 7.79. The van der Waals surface area contributed by atoms with Gasteiger partial charge in [-0.2, -0.15) is 0 Å². The number of aromatic nitrogens is 2. The van der Waals surface area contributed by atoms with Crippen LogP contribution in [0.2, 0.25) is 5.15 Å². The summed E-state index contributed by atoms with van der Waals surface area (Å²) < 4.78 is 5.26. The number of amides is 2. The summed E-state index contributed by atoms with van der Waals surface area (Å²) in [5, 5.41) is 5.86. The summed E-state index contributed by atoms with van der Waals surface area (Å²) in [6, 6.07) is 1.43. The van der Waals surface area contributed by atoms with Crippen LogP contribution in [0, 0.1) is 5.92 Å². The van der Waals surface area contributed by atoms with Crippen molar-refractivity contribution < 1.29 is 14.3 Å². The smallest absolute Gasteiger partial charge is 0.407 e. The topological polar surface area (TPSA) is 93.2 Å². The first kappa shape index (κ1) is 18.4. The van der Waals surface area contributed by atoms with Crippen LogP contribution < -0.4 is 10.6 Å². The molecule has 1 heterocycles. The van der Waals surface area contributed by atoms with Crippen LogP contribution in [0.25, 0.3) is 0 Å². The van der Waals surface area contributed by atoms with Gasteiger partial charge in [0.15, 0.2) is 0 Å². The van der Waals surface area contributed by atoms with Crippen LogP contribution in [0.15, 0.2) is 12.4 Å². The van der Waals surface area contributed by atoms with Gasteiger partial charge in [0.05, 0.1) is 0 Å². The van der Waals surface area contributed by atoms with Crippen LogP contribution in [-0.2, 0) is 9.53 Å². The van der Waals surface area contributed by atoms with Crippen molar-refractivity contribution in [1.82, 2.24) is 15.3 Å². The Hall–Kier alpha value is -1.89. The standard InChI is InChI=1S/C16H23ClN4O3/c1-16(2,3)24-15(23)20-11-6-4-5-10(7-11)14(22)21-13-8-12(17)18-9-19-13/h8-11H,4-7H2,1-3H3,(H,20,23)(H,18,19,21,22)/t10-,11+/m0/s1. The third-order valence-corrected chi connectivity index (χ3v) is 3.86. The Bertz CT molecular complexity index is 603. The van der Waals surface area contributed by atoms with Crippen LogP contribution >= 0.6 is 11.6 Å². The summed E-state index contributed by atoms with van der Waals surface area (Å²) in [7, 11) is 0. The first-order valence-corrected chi connectivity index (χ1v) is 8.38. The fourth-order valence-electron chi connectivity index (χ4n) is 2.66. The van der Waals surface area contributed by atoms with Gasteiger partial charge in [-0.1, -0.05) is 18.0 Å². The summed E-state index contributed by atoms with van der Waals surface area (Å²) in [4.78, 5) is 32.0. The predicted octanol–water partition coefficient (Wildman–Crippen LogP) is 3.15. The van der Waals surface area contributed by atoms with E-state index in [2.05, 4.69) is 20.6 Å². The summed E-state index contributed by atoms with van der Waals surface area (Å²) >= 11 is 5.78. The molecule has 132 valence electrons. The van der Waals surface area contributed by atoms with Crippen molar-refractivity contribution in [2.75, 3.05) is 5.32 Å². The number of nitrogens with zero attached hydrogens (tertiary/aromatic N) is 2. The summed E-state index contributed by atoms with van der Waals surface area (Å²) in [6.45, 7) is 5.45. The van der Waals surface area contributed by atoms with Crippen molar-refractivity contribution in [3.05, 3.63) is 17.5 Å². The fraction of sp³-hybridized carbons (Fsp3) is 0.625. The molecule has 0 radical (unpaired) electrons. The van der Waals surface area contributed by atoms with Gasteiger partial charge >= 0.3 is 6.09 Å². The van der Waals surface area contributed by atoms with Crippen LogP contribution in [-0.4, -0.2) is 33.6 Å². The maximum absolute atomic E-state index is 12.4. The number of carbonyl (C=O) groups excluding carboxylic acids is 2. The molecule has 1 aromatic rings. The number of anilines is 1. The Morgan fingerprint density at radius 2 is 2.04 bits per heavy atom. The van der Waals surface area contributed by atoms with Gasteiger partial charge in [0.1, 0.15) is 22.9 Å². The van der Waals surface area contributed by atoms with Gasteiger partial charge in [-0.15, -0.1) is 0 Å². The molecule has 1 saturated carbocycles. The van der Waals surface area contributed by atoms with Crippen LogP contribution in [0.1, 0.15) is 46.5 Å². The minimum absolute atomic E-state index is 0.0710. The molecule has 0 bridgehead atoms. The Balaban J connectivity index is 1.88. The molecular formula is C16H23ClN4O3. The van der Waals surface area contributed by atoms with E-state index in [-0.39, 0.29) is 23.0 Å². The molecule has 8 heteroatoms. The monoisotopic (exact) mass is 354 g/mol. The van der Waals surface area contributed by atoms with E-state index >= 15 is 0 Å². The molecule has 0 aliphatic heterocycles. The molecule has 1 aromatic heterocycles. The van der Waals surface area contributed by atoms with Crippen molar-refractivity contribution in [1.29, 1.82) is 0 Å². The number of ether oxygens (including phenoxy) is 1. The highest BCUT2D eigenvalue weighted by Gasteiger charge is 2.29. The predicted molar refractivity (Wildman–Crippen MR) is 90.8 cm³/mol. The van der Waals surface area contributed by atoms with Gasteiger partial charge in [0.25, 0.3) is 0 Å². The first-order chi connectivity index (χ1) is 11.2. The van der Waals surface area contributed by atoms with Gasteiger partial charge in [-0.05, 0) is 40.0 Å². The zero-order valence-electron chi connectivity index (χ0n) is 14.1. The molecule has 2 amide bonds. The molecule has 2 N–H and O–H groups in total. The maximum Gasteiger partial charge on any atom is 0.407 e. The van der Waals surface area contributed by atoms with Crippen LogP contribution in [0.3, 0.4) is 0 Å². The van der Waals surface area contributed by atoms with Gasteiger partial charge in [0.2, 0.25) is 5.91 Å². The summed E-state index contributed by atoms with van der Waals surface area (Å²) in [5.74, 6) is 0.0649. The molecule has 1 fully saturated rings. The number of rotatable bonds is 3. The van der Waals surface area contributed by atoms with Crippen LogP contribution in [0.5, 0.6) is 0 Å². The lowest BCUT2D eigenvalue weighted by Crippen LogP contribution is -2.43. The largest absolute Gasteiger partial charge is 0.444 e. The summed E-state index contributed by atoms with van der Waals surface area (Å²) in [5.41, 5.74) is -0.540. The van der Waals surface area contributed by atoms with Gasteiger partial charge < -0.3 is 15.4 Å². The molecule has 1 aliphatic carbocycles. The summed E-state index contributed by atoms with van der Waals surface area (Å²) in [6.07, 6.45) is 3.90. The van der Waals surface area contributed by atoms with Crippen molar-refractivity contribution in [3.63, 3.8) is 0 Å². The number of hydrogen-bond acceptors (Lipinski definition) is 5. The third-order valence-electron chi connectivity index (χ3n) is 3.65. The highest BCUT2D eigenvalue weighted by atomic mass is 35.5. The van der Waals surface area contributed by atoms with E-state index in [0.717, 1.165) is 19.3 Å². The van der Waals surface area contributed by atoms with Gasteiger partial charge in [-0.25, -0.2) is 14.8 Å². The lowest BCUT2D eigenvalue weighted by Gasteiger charge is -2.30. The Kier molecular flexibility index (Phi) is 5.99. The van der Waals surface area contributed by atoms with E-state index in [1.165, 1.54) is 12.4 Å². The fourth-order valence-corrected chi connectivity index (χ4v) is 2.81. The SMILES string of the molecule is CC(C)(C)OC(=O)N[C@@H]1CCC[C@H](C(=O)Nc2cc(Cl)ncn2)C1. The Labute approximate surface area is 146 Å². The average molecular weight is 355 g/mol. The van der Waals surface area contributed by atoms with E-state index in [4.69, 9.17) is 16.3 Å². The molecule has 1 aliphatic rings. The maximum atomic E-state index is 12.4. The second-order valence-corrected chi connectivity index (χ2v) is 7.31. The number of hydrogen-bond donors (Lipinski definition) is 2. The lowest BCUT2D eigenvalue weighted by molar-refractivity contribution is -0.121. The molecule has 0 unspecified atom stereocenters. The quantitative estimate of drug-likeness (QED) is 0.813. The van der Waals surface area contributed by atoms with Crippen molar-refractivity contribution in [2.45, 2.75) is 58.1 Å². The van der Waals surface area contributed by atoms with E-state index in [0.29, 0.717) is 12.2 Å². The molecular weight excluding hydrogens is 332 g/mol.